The van der Waals surface area contributed by atoms with E-state index in [4.69, 9.17) is 11.6 Å². The maximum absolute atomic E-state index is 12.3. The lowest BCUT2D eigenvalue weighted by Gasteiger charge is -2.28. The number of amides is 1. The summed E-state index contributed by atoms with van der Waals surface area (Å²) in [5, 5.41) is 0.301. The fourth-order valence-corrected chi connectivity index (χ4v) is 1.74. The summed E-state index contributed by atoms with van der Waals surface area (Å²) in [6, 6.07) is 0.210. The predicted molar refractivity (Wildman–Crippen MR) is 72.7 cm³/mol. The number of unbranched alkanes of at least 4 members (excludes halogenated alkanes) is 1. The molecule has 0 N–H and O–H groups in total. The Bertz CT molecular complexity index is 380. The highest BCUT2D eigenvalue weighted by atomic mass is 35.5. The Balaban J connectivity index is 2.83. The lowest BCUT2D eigenvalue weighted by Crippen LogP contribution is -2.39. The molecule has 1 aromatic heterocycles. The third kappa shape index (κ3) is 3.95. The maximum atomic E-state index is 12.3. The molecule has 0 aromatic carbocycles. The third-order valence-electron chi connectivity index (χ3n) is 2.98. The van der Waals surface area contributed by atoms with Crippen molar-refractivity contribution in [3.8, 4) is 0 Å². The van der Waals surface area contributed by atoms with Crippen molar-refractivity contribution in [3.63, 3.8) is 0 Å². The van der Waals surface area contributed by atoms with Crippen LogP contribution in [0.1, 0.15) is 50.5 Å². The monoisotopic (exact) mass is 269 g/mol. The summed E-state index contributed by atoms with van der Waals surface area (Å²) in [5.41, 5.74) is 0.357. The van der Waals surface area contributed by atoms with Gasteiger partial charge in [-0.1, -0.05) is 31.9 Å². The molecule has 4 nitrogen and oxygen atoms in total. The number of aromatic nitrogens is 2. The molecule has 1 amide bonds. The number of carbonyl (C=O) groups is 1. The van der Waals surface area contributed by atoms with E-state index in [9.17, 15) is 4.79 Å². The van der Waals surface area contributed by atoms with E-state index in [0.29, 0.717) is 10.8 Å². The van der Waals surface area contributed by atoms with Crippen molar-refractivity contribution in [3.05, 3.63) is 23.2 Å². The smallest absolute Gasteiger partial charge is 0.274 e. The molecule has 1 aromatic rings. The normalized spacial score (nSPS) is 12.2. The molecule has 100 valence electrons. The minimum absolute atomic E-state index is 0.0676. The summed E-state index contributed by atoms with van der Waals surface area (Å²) in [6.07, 6.45) is 5.83. The Morgan fingerprint density at radius 1 is 1.39 bits per heavy atom. The number of nitrogens with zero attached hydrogens (tertiary/aromatic N) is 3. The van der Waals surface area contributed by atoms with Crippen LogP contribution in [0, 0.1) is 0 Å². The summed E-state index contributed by atoms with van der Waals surface area (Å²) in [6.45, 7) is 7.00. The van der Waals surface area contributed by atoms with Crippen LogP contribution in [0.15, 0.2) is 12.4 Å². The van der Waals surface area contributed by atoms with Gasteiger partial charge in [0.25, 0.3) is 5.91 Å². The SMILES string of the molecule is CCCCN(C(=O)c1cnc(Cl)cn1)C(C)CC. The molecule has 0 aliphatic rings. The zero-order valence-electron chi connectivity index (χ0n) is 11.2. The van der Waals surface area contributed by atoms with Gasteiger partial charge in [-0.15, -0.1) is 0 Å². The molecule has 1 heterocycles. The molecule has 0 bridgehead atoms. The second kappa shape index (κ2) is 7.31. The average molecular weight is 270 g/mol. The van der Waals surface area contributed by atoms with Gasteiger partial charge < -0.3 is 4.90 Å². The molecular formula is C13H20ClN3O. The highest BCUT2D eigenvalue weighted by Crippen LogP contribution is 2.11. The third-order valence-corrected chi connectivity index (χ3v) is 3.17. The standard InChI is InChI=1S/C13H20ClN3O/c1-4-6-7-17(10(3)5-2)13(18)11-8-16-12(14)9-15-11/h8-10H,4-7H2,1-3H3. The van der Waals surface area contributed by atoms with Crippen molar-refractivity contribution in [2.75, 3.05) is 6.54 Å². The second-order valence-corrected chi connectivity index (χ2v) is 4.72. The first kappa shape index (κ1) is 14.9. The van der Waals surface area contributed by atoms with Crippen molar-refractivity contribution in [2.45, 2.75) is 46.1 Å². The largest absolute Gasteiger partial charge is 0.335 e. The average Bonchev–Trinajstić information content (AvgIpc) is 2.39. The Kier molecular flexibility index (Phi) is 6.05. The first-order valence-corrected chi connectivity index (χ1v) is 6.76. The minimum atomic E-state index is -0.0676. The van der Waals surface area contributed by atoms with Crippen molar-refractivity contribution < 1.29 is 4.79 Å². The van der Waals surface area contributed by atoms with Gasteiger partial charge in [-0.05, 0) is 19.8 Å². The van der Waals surface area contributed by atoms with E-state index in [0.717, 1.165) is 25.8 Å². The van der Waals surface area contributed by atoms with Gasteiger partial charge in [0.15, 0.2) is 0 Å². The van der Waals surface area contributed by atoms with Crippen LogP contribution < -0.4 is 0 Å². The number of hydrogen-bond acceptors (Lipinski definition) is 3. The Morgan fingerprint density at radius 3 is 2.61 bits per heavy atom. The molecule has 0 saturated heterocycles. The highest BCUT2D eigenvalue weighted by molar-refractivity contribution is 6.29. The quantitative estimate of drug-likeness (QED) is 0.797. The van der Waals surface area contributed by atoms with Gasteiger partial charge in [0.2, 0.25) is 0 Å². The van der Waals surface area contributed by atoms with Gasteiger partial charge in [-0.3, -0.25) is 4.79 Å². The van der Waals surface area contributed by atoms with E-state index >= 15 is 0 Å². The molecule has 0 aliphatic carbocycles. The predicted octanol–water partition coefficient (Wildman–Crippen LogP) is 3.17. The first-order valence-electron chi connectivity index (χ1n) is 6.38. The fraction of sp³-hybridized carbons (Fsp3) is 0.615. The van der Waals surface area contributed by atoms with Gasteiger partial charge >= 0.3 is 0 Å². The van der Waals surface area contributed by atoms with E-state index in [1.54, 1.807) is 0 Å². The topological polar surface area (TPSA) is 46.1 Å². The summed E-state index contributed by atoms with van der Waals surface area (Å²) in [4.78, 5) is 22.1. The van der Waals surface area contributed by atoms with Gasteiger partial charge in [0, 0.05) is 12.6 Å². The zero-order chi connectivity index (χ0) is 13.5. The highest BCUT2D eigenvalue weighted by Gasteiger charge is 2.21. The van der Waals surface area contributed by atoms with E-state index in [1.807, 2.05) is 4.90 Å². The Labute approximate surface area is 113 Å². The molecule has 5 heteroatoms. The van der Waals surface area contributed by atoms with E-state index in [2.05, 4.69) is 30.7 Å². The lowest BCUT2D eigenvalue weighted by atomic mass is 10.2. The molecular weight excluding hydrogens is 250 g/mol. The minimum Gasteiger partial charge on any atom is -0.335 e. The number of carbonyl (C=O) groups excluding carboxylic acids is 1. The molecule has 0 radical (unpaired) electrons. The van der Waals surface area contributed by atoms with Gasteiger partial charge in [-0.25, -0.2) is 9.97 Å². The fourth-order valence-electron chi connectivity index (χ4n) is 1.64. The van der Waals surface area contributed by atoms with Gasteiger partial charge in [0.05, 0.1) is 12.4 Å². The molecule has 18 heavy (non-hydrogen) atoms. The zero-order valence-corrected chi connectivity index (χ0v) is 11.9. The Hall–Kier alpha value is -1.16. The number of halogens is 1. The van der Waals surface area contributed by atoms with E-state index in [1.165, 1.54) is 12.4 Å². The van der Waals surface area contributed by atoms with E-state index < -0.39 is 0 Å². The molecule has 0 aliphatic heterocycles. The van der Waals surface area contributed by atoms with Crippen LogP contribution in [-0.2, 0) is 0 Å². The number of hydrogen-bond donors (Lipinski definition) is 0. The van der Waals surface area contributed by atoms with Crippen molar-refractivity contribution in [1.82, 2.24) is 14.9 Å². The molecule has 0 fully saturated rings. The molecule has 0 saturated carbocycles. The first-order chi connectivity index (χ1) is 8.60. The van der Waals surface area contributed by atoms with Crippen LogP contribution in [0.5, 0.6) is 0 Å². The van der Waals surface area contributed by atoms with Crippen molar-refractivity contribution >= 4 is 17.5 Å². The maximum Gasteiger partial charge on any atom is 0.274 e. The summed E-state index contributed by atoms with van der Waals surface area (Å²) < 4.78 is 0. The van der Waals surface area contributed by atoms with Crippen LogP contribution in [0.3, 0.4) is 0 Å². The molecule has 0 spiro atoms. The summed E-state index contributed by atoms with van der Waals surface area (Å²) in [5.74, 6) is -0.0676. The molecule has 1 unspecified atom stereocenters. The van der Waals surface area contributed by atoms with Crippen LogP contribution in [0.25, 0.3) is 0 Å². The van der Waals surface area contributed by atoms with Crippen molar-refractivity contribution in [2.24, 2.45) is 0 Å². The van der Waals surface area contributed by atoms with Crippen molar-refractivity contribution in [1.29, 1.82) is 0 Å². The van der Waals surface area contributed by atoms with E-state index in [-0.39, 0.29) is 11.9 Å². The second-order valence-electron chi connectivity index (χ2n) is 4.33. The summed E-state index contributed by atoms with van der Waals surface area (Å²) >= 11 is 5.67. The van der Waals surface area contributed by atoms with Crippen LogP contribution in [0.4, 0.5) is 0 Å². The van der Waals surface area contributed by atoms with Gasteiger partial charge in [-0.2, -0.15) is 0 Å². The summed E-state index contributed by atoms with van der Waals surface area (Å²) in [7, 11) is 0. The van der Waals surface area contributed by atoms with Gasteiger partial charge in [0.1, 0.15) is 10.8 Å². The Morgan fingerprint density at radius 2 is 2.11 bits per heavy atom. The lowest BCUT2D eigenvalue weighted by molar-refractivity contribution is 0.0678. The van der Waals surface area contributed by atoms with Crippen LogP contribution in [0.2, 0.25) is 5.15 Å². The van der Waals surface area contributed by atoms with Crippen LogP contribution >= 0.6 is 11.6 Å². The molecule has 1 rings (SSSR count). The molecule has 1 atom stereocenters. The van der Waals surface area contributed by atoms with Crippen LogP contribution in [-0.4, -0.2) is 33.4 Å². The number of rotatable bonds is 6.